The van der Waals surface area contributed by atoms with Crippen LogP contribution in [-0.4, -0.2) is 41.8 Å². The summed E-state index contributed by atoms with van der Waals surface area (Å²) in [6.45, 7) is 8.60. The number of hydrogen-bond donors (Lipinski definition) is 1. The maximum absolute atomic E-state index is 8.97. The molecule has 1 aromatic rings. The van der Waals surface area contributed by atoms with E-state index in [1.807, 2.05) is 20.0 Å². The maximum Gasteiger partial charge on any atom is 0.128 e. The number of pyridine rings is 1. The Bertz CT molecular complexity index is 367. The average molecular weight is 238 g/mol. The lowest BCUT2D eigenvalue weighted by Crippen LogP contribution is -2.27. The van der Waals surface area contributed by atoms with Crippen molar-refractivity contribution in [2.45, 2.75) is 27.3 Å². The highest BCUT2D eigenvalue weighted by atomic mass is 16.5. The molecule has 1 rings (SSSR count). The Morgan fingerprint density at radius 3 is 2.65 bits per heavy atom. The molecule has 0 spiro atoms. The molecule has 0 saturated carbocycles. The third-order valence-electron chi connectivity index (χ3n) is 2.99. The molecule has 0 aliphatic heterocycles. The van der Waals surface area contributed by atoms with E-state index in [0.29, 0.717) is 6.54 Å². The molecular formula is C13H22N2O2. The number of hydrogen-bond acceptors (Lipinski definition) is 4. The zero-order valence-electron chi connectivity index (χ0n) is 11.2. The van der Waals surface area contributed by atoms with Crippen LogP contribution in [0.25, 0.3) is 0 Å². The van der Waals surface area contributed by atoms with Gasteiger partial charge in [0.05, 0.1) is 19.4 Å². The summed E-state index contributed by atoms with van der Waals surface area (Å²) in [7, 11) is 1.68. The van der Waals surface area contributed by atoms with Gasteiger partial charge in [-0.05, 0) is 20.4 Å². The highest BCUT2D eigenvalue weighted by Gasteiger charge is 2.12. The maximum atomic E-state index is 8.97. The normalized spacial score (nSPS) is 10.9. The fourth-order valence-corrected chi connectivity index (χ4v) is 1.93. The Balaban J connectivity index is 2.91. The number of aromatic nitrogens is 1. The van der Waals surface area contributed by atoms with Gasteiger partial charge in [-0.1, -0.05) is 6.92 Å². The number of aliphatic hydroxyl groups excluding tert-OH is 1. The molecule has 0 amide bonds. The van der Waals surface area contributed by atoms with Crippen molar-refractivity contribution in [3.63, 3.8) is 0 Å². The topological polar surface area (TPSA) is 45.6 Å². The third-order valence-corrected chi connectivity index (χ3v) is 2.99. The van der Waals surface area contributed by atoms with Crippen LogP contribution in [0.4, 0.5) is 0 Å². The first-order valence-electron chi connectivity index (χ1n) is 5.96. The van der Waals surface area contributed by atoms with E-state index >= 15 is 0 Å². The van der Waals surface area contributed by atoms with Crippen LogP contribution < -0.4 is 4.74 Å². The number of rotatable bonds is 6. The number of likely N-dealkylation sites (N-methyl/N-ethyl adjacent to an activating group) is 1. The van der Waals surface area contributed by atoms with E-state index in [0.717, 1.165) is 35.7 Å². The molecule has 4 nitrogen and oxygen atoms in total. The van der Waals surface area contributed by atoms with Crippen LogP contribution in [0.3, 0.4) is 0 Å². The van der Waals surface area contributed by atoms with Crippen molar-refractivity contribution in [3.8, 4) is 5.75 Å². The van der Waals surface area contributed by atoms with Crippen molar-refractivity contribution in [1.82, 2.24) is 9.88 Å². The number of nitrogens with zero attached hydrogens (tertiary/aromatic N) is 2. The first-order chi connectivity index (χ1) is 8.13. The lowest BCUT2D eigenvalue weighted by Gasteiger charge is -2.20. The molecule has 1 N–H and O–H groups in total. The van der Waals surface area contributed by atoms with E-state index < -0.39 is 0 Å². The van der Waals surface area contributed by atoms with Gasteiger partial charge in [-0.15, -0.1) is 0 Å². The first-order valence-corrected chi connectivity index (χ1v) is 5.96. The Kier molecular flexibility index (Phi) is 5.38. The van der Waals surface area contributed by atoms with Crippen LogP contribution in [0.1, 0.15) is 23.7 Å². The minimum atomic E-state index is 0.176. The van der Waals surface area contributed by atoms with Crippen LogP contribution in [0, 0.1) is 13.8 Å². The van der Waals surface area contributed by atoms with Crippen LogP contribution in [0.15, 0.2) is 6.20 Å². The van der Waals surface area contributed by atoms with Gasteiger partial charge in [0.15, 0.2) is 0 Å². The van der Waals surface area contributed by atoms with Crippen molar-refractivity contribution in [1.29, 1.82) is 0 Å². The van der Waals surface area contributed by atoms with Crippen LogP contribution in [-0.2, 0) is 6.54 Å². The molecule has 1 heterocycles. The molecule has 17 heavy (non-hydrogen) atoms. The van der Waals surface area contributed by atoms with E-state index in [-0.39, 0.29) is 6.61 Å². The molecule has 0 radical (unpaired) electrons. The lowest BCUT2D eigenvalue weighted by atomic mass is 10.1. The van der Waals surface area contributed by atoms with Crippen molar-refractivity contribution >= 4 is 0 Å². The fraction of sp³-hybridized carbons (Fsp3) is 0.615. The number of ether oxygens (including phenoxy) is 1. The van der Waals surface area contributed by atoms with Gasteiger partial charge in [0.1, 0.15) is 5.75 Å². The summed E-state index contributed by atoms with van der Waals surface area (Å²) >= 11 is 0. The molecule has 0 bridgehead atoms. The average Bonchev–Trinajstić information content (AvgIpc) is 2.32. The Morgan fingerprint density at radius 1 is 1.41 bits per heavy atom. The monoisotopic (exact) mass is 238 g/mol. The summed E-state index contributed by atoms with van der Waals surface area (Å²) in [6, 6.07) is 0. The van der Waals surface area contributed by atoms with E-state index in [9.17, 15) is 0 Å². The molecule has 0 unspecified atom stereocenters. The number of methoxy groups -OCH3 is 1. The molecule has 0 aromatic carbocycles. The van der Waals surface area contributed by atoms with Gasteiger partial charge in [-0.2, -0.15) is 0 Å². The Morgan fingerprint density at radius 2 is 2.12 bits per heavy atom. The fourth-order valence-electron chi connectivity index (χ4n) is 1.93. The standard InChI is InChI=1S/C13H22N2O2/c1-5-15(6-7-16)9-12-11(3)13(17-4)10(2)8-14-12/h8,16H,5-7,9H2,1-4H3. The molecule has 0 atom stereocenters. The first kappa shape index (κ1) is 13.9. The minimum Gasteiger partial charge on any atom is -0.496 e. The van der Waals surface area contributed by atoms with Gasteiger partial charge in [0.25, 0.3) is 0 Å². The predicted octanol–water partition coefficient (Wildman–Crippen LogP) is 1.52. The SMILES string of the molecule is CCN(CCO)Cc1ncc(C)c(OC)c1C. The van der Waals surface area contributed by atoms with E-state index in [2.05, 4.69) is 16.8 Å². The largest absolute Gasteiger partial charge is 0.496 e. The Labute approximate surface area is 103 Å². The zero-order valence-corrected chi connectivity index (χ0v) is 11.2. The van der Waals surface area contributed by atoms with Gasteiger partial charge in [0.2, 0.25) is 0 Å². The molecule has 96 valence electrons. The summed E-state index contributed by atoms with van der Waals surface area (Å²) in [4.78, 5) is 6.61. The van der Waals surface area contributed by atoms with E-state index in [1.165, 1.54) is 0 Å². The van der Waals surface area contributed by atoms with Crippen molar-refractivity contribution in [2.24, 2.45) is 0 Å². The van der Waals surface area contributed by atoms with Gasteiger partial charge in [-0.25, -0.2) is 0 Å². The summed E-state index contributed by atoms with van der Waals surface area (Å²) in [5.74, 6) is 0.912. The van der Waals surface area contributed by atoms with E-state index in [1.54, 1.807) is 7.11 Å². The summed E-state index contributed by atoms with van der Waals surface area (Å²) in [5, 5.41) is 8.97. The highest BCUT2D eigenvalue weighted by molar-refractivity contribution is 5.40. The number of aliphatic hydroxyl groups is 1. The molecule has 0 saturated heterocycles. The molecule has 4 heteroatoms. The van der Waals surface area contributed by atoms with Crippen molar-refractivity contribution < 1.29 is 9.84 Å². The van der Waals surface area contributed by atoms with Crippen LogP contribution >= 0.6 is 0 Å². The summed E-state index contributed by atoms with van der Waals surface area (Å²) in [6.07, 6.45) is 1.84. The molecular weight excluding hydrogens is 216 g/mol. The van der Waals surface area contributed by atoms with Gasteiger partial charge in [0, 0.05) is 30.4 Å². The zero-order chi connectivity index (χ0) is 12.8. The summed E-state index contributed by atoms with van der Waals surface area (Å²) in [5.41, 5.74) is 3.16. The van der Waals surface area contributed by atoms with Gasteiger partial charge < -0.3 is 9.84 Å². The minimum absolute atomic E-state index is 0.176. The van der Waals surface area contributed by atoms with Crippen LogP contribution in [0.5, 0.6) is 5.75 Å². The van der Waals surface area contributed by atoms with Crippen molar-refractivity contribution in [2.75, 3.05) is 26.8 Å². The second kappa shape index (κ2) is 6.57. The molecule has 0 aliphatic carbocycles. The van der Waals surface area contributed by atoms with Gasteiger partial charge >= 0.3 is 0 Å². The molecule has 0 aliphatic rings. The van der Waals surface area contributed by atoms with E-state index in [4.69, 9.17) is 9.84 Å². The highest BCUT2D eigenvalue weighted by Crippen LogP contribution is 2.24. The molecule has 0 fully saturated rings. The predicted molar refractivity (Wildman–Crippen MR) is 68.3 cm³/mol. The number of aryl methyl sites for hydroxylation is 1. The van der Waals surface area contributed by atoms with Crippen molar-refractivity contribution in [3.05, 3.63) is 23.0 Å². The smallest absolute Gasteiger partial charge is 0.128 e. The molecule has 1 aromatic heterocycles. The second-order valence-corrected chi connectivity index (χ2v) is 4.14. The third kappa shape index (κ3) is 3.41. The van der Waals surface area contributed by atoms with Gasteiger partial charge in [-0.3, -0.25) is 9.88 Å². The second-order valence-electron chi connectivity index (χ2n) is 4.14. The summed E-state index contributed by atoms with van der Waals surface area (Å²) < 4.78 is 5.38. The lowest BCUT2D eigenvalue weighted by molar-refractivity contribution is 0.195. The Hall–Kier alpha value is -1.13. The quantitative estimate of drug-likeness (QED) is 0.816. The van der Waals surface area contributed by atoms with Crippen LogP contribution in [0.2, 0.25) is 0 Å².